The third-order valence-corrected chi connectivity index (χ3v) is 4.74. The molecule has 0 saturated carbocycles. The van der Waals surface area contributed by atoms with Crippen molar-refractivity contribution in [3.8, 4) is 0 Å². The van der Waals surface area contributed by atoms with Gasteiger partial charge < -0.3 is 4.74 Å². The molecule has 1 saturated heterocycles. The van der Waals surface area contributed by atoms with E-state index in [-0.39, 0.29) is 17.8 Å². The molecule has 3 rings (SSSR count). The van der Waals surface area contributed by atoms with E-state index in [2.05, 4.69) is 54.3 Å². The van der Waals surface area contributed by atoms with Crippen LogP contribution in [0.1, 0.15) is 22.6 Å². The SMILES string of the molecule is COC(=O)[C@@H]1CN(Cc2ccccc2)C[C@H]1c1ccccc1C. The Bertz CT molecular complexity index is 668. The first-order valence-corrected chi connectivity index (χ1v) is 8.08. The number of nitrogens with zero attached hydrogens (tertiary/aromatic N) is 1. The Labute approximate surface area is 137 Å². The van der Waals surface area contributed by atoms with E-state index in [1.54, 1.807) is 0 Å². The lowest BCUT2D eigenvalue weighted by atomic mass is 9.86. The van der Waals surface area contributed by atoms with Crippen LogP contribution in [0.2, 0.25) is 0 Å². The standard InChI is InChI=1S/C20H23NO2/c1-15-8-6-7-11-17(15)18-13-21(14-19(18)20(22)23-2)12-16-9-4-3-5-10-16/h3-11,18-19H,12-14H2,1-2H3/t18-,19+/m0/s1. The minimum absolute atomic E-state index is 0.0928. The molecule has 0 N–H and O–H groups in total. The maximum absolute atomic E-state index is 12.3. The number of hydrogen-bond donors (Lipinski definition) is 0. The van der Waals surface area contributed by atoms with Gasteiger partial charge in [0.2, 0.25) is 0 Å². The maximum atomic E-state index is 12.3. The van der Waals surface area contributed by atoms with E-state index in [1.807, 2.05) is 12.1 Å². The number of esters is 1. The minimum atomic E-state index is -0.103. The van der Waals surface area contributed by atoms with Crippen LogP contribution in [0.3, 0.4) is 0 Å². The number of benzene rings is 2. The average molecular weight is 309 g/mol. The van der Waals surface area contributed by atoms with E-state index in [9.17, 15) is 4.79 Å². The number of aryl methyl sites for hydroxylation is 1. The van der Waals surface area contributed by atoms with Crippen LogP contribution in [0.25, 0.3) is 0 Å². The van der Waals surface area contributed by atoms with Crippen LogP contribution < -0.4 is 0 Å². The second-order valence-electron chi connectivity index (χ2n) is 6.27. The summed E-state index contributed by atoms with van der Waals surface area (Å²) < 4.78 is 5.06. The number of likely N-dealkylation sites (tertiary alicyclic amines) is 1. The summed E-state index contributed by atoms with van der Waals surface area (Å²) in [4.78, 5) is 14.6. The van der Waals surface area contributed by atoms with Crippen LogP contribution >= 0.6 is 0 Å². The highest BCUT2D eigenvalue weighted by atomic mass is 16.5. The fourth-order valence-electron chi connectivity index (χ4n) is 3.56. The lowest BCUT2D eigenvalue weighted by molar-refractivity contribution is -0.145. The Kier molecular flexibility index (Phi) is 4.77. The van der Waals surface area contributed by atoms with Crippen molar-refractivity contribution in [2.24, 2.45) is 5.92 Å². The zero-order valence-electron chi connectivity index (χ0n) is 13.7. The van der Waals surface area contributed by atoms with Gasteiger partial charge in [-0.3, -0.25) is 9.69 Å². The Hall–Kier alpha value is -2.13. The highest BCUT2D eigenvalue weighted by molar-refractivity contribution is 5.74. The molecule has 1 heterocycles. The van der Waals surface area contributed by atoms with Crippen molar-refractivity contribution >= 4 is 5.97 Å². The summed E-state index contributed by atoms with van der Waals surface area (Å²) in [6, 6.07) is 18.8. The molecule has 3 heteroatoms. The molecule has 2 atom stereocenters. The molecular weight excluding hydrogens is 286 g/mol. The second-order valence-corrected chi connectivity index (χ2v) is 6.27. The monoisotopic (exact) mass is 309 g/mol. The van der Waals surface area contributed by atoms with Crippen molar-refractivity contribution in [1.82, 2.24) is 4.90 Å². The van der Waals surface area contributed by atoms with Crippen LogP contribution in [0, 0.1) is 12.8 Å². The molecule has 0 amide bonds. The lowest BCUT2D eigenvalue weighted by Gasteiger charge is -2.18. The summed E-state index contributed by atoms with van der Waals surface area (Å²) in [6.07, 6.45) is 0. The average Bonchev–Trinajstić information content (AvgIpc) is 2.99. The minimum Gasteiger partial charge on any atom is -0.469 e. The van der Waals surface area contributed by atoms with Crippen molar-refractivity contribution in [1.29, 1.82) is 0 Å². The molecule has 0 bridgehead atoms. The van der Waals surface area contributed by atoms with Crippen LogP contribution in [-0.2, 0) is 16.1 Å². The third kappa shape index (κ3) is 3.45. The van der Waals surface area contributed by atoms with Gasteiger partial charge in [-0.25, -0.2) is 0 Å². The van der Waals surface area contributed by atoms with E-state index < -0.39 is 0 Å². The highest BCUT2D eigenvalue weighted by Gasteiger charge is 2.39. The fraction of sp³-hybridized carbons (Fsp3) is 0.350. The molecule has 1 aliphatic rings. The summed E-state index contributed by atoms with van der Waals surface area (Å²) in [5.74, 6) is 0.00555. The smallest absolute Gasteiger partial charge is 0.310 e. The molecule has 1 fully saturated rings. The summed E-state index contributed by atoms with van der Waals surface area (Å²) in [5, 5.41) is 0. The first kappa shape index (κ1) is 15.8. The van der Waals surface area contributed by atoms with Gasteiger partial charge in [0, 0.05) is 25.6 Å². The molecule has 1 aliphatic heterocycles. The fourth-order valence-corrected chi connectivity index (χ4v) is 3.56. The molecule has 0 spiro atoms. The van der Waals surface area contributed by atoms with Crippen molar-refractivity contribution in [2.75, 3.05) is 20.2 Å². The number of rotatable bonds is 4. The van der Waals surface area contributed by atoms with Crippen molar-refractivity contribution in [2.45, 2.75) is 19.4 Å². The molecule has 23 heavy (non-hydrogen) atoms. The number of methoxy groups -OCH3 is 1. The summed E-state index contributed by atoms with van der Waals surface area (Å²) in [7, 11) is 1.48. The zero-order chi connectivity index (χ0) is 16.2. The predicted octanol–water partition coefficient (Wildman–Crippen LogP) is 3.38. The van der Waals surface area contributed by atoms with Gasteiger partial charge in [0.05, 0.1) is 13.0 Å². The quantitative estimate of drug-likeness (QED) is 0.811. The zero-order valence-corrected chi connectivity index (χ0v) is 13.7. The third-order valence-electron chi connectivity index (χ3n) is 4.74. The number of carbonyl (C=O) groups excluding carboxylic acids is 1. The normalized spacial score (nSPS) is 21.3. The summed E-state index contributed by atoms with van der Waals surface area (Å²) in [6.45, 7) is 4.63. The van der Waals surface area contributed by atoms with E-state index in [4.69, 9.17) is 4.74 Å². The number of hydrogen-bond acceptors (Lipinski definition) is 3. The first-order chi connectivity index (χ1) is 11.2. The Morgan fingerprint density at radius 3 is 2.48 bits per heavy atom. The van der Waals surface area contributed by atoms with Gasteiger partial charge in [0.15, 0.2) is 0 Å². The molecule has 0 unspecified atom stereocenters. The topological polar surface area (TPSA) is 29.5 Å². The molecule has 0 radical (unpaired) electrons. The van der Waals surface area contributed by atoms with Crippen LogP contribution in [0.5, 0.6) is 0 Å². The van der Waals surface area contributed by atoms with Crippen LogP contribution in [0.15, 0.2) is 54.6 Å². The second kappa shape index (κ2) is 6.97. The summed E-state index contributed by atoms with van der Waals surface area (Å²) in [5.41, 5.74) is 3.79. The molecular formula is C20H23NO2. The molecule has 2 aromatic rings. The van der Waals surface area contributed by atoms with Gasteiger partial charge in [0.1, 0.15) is 0 Å². The molecule has 120 valence electrons. The Morgan fingerprint density at radius 1 is 1.09 bits per heavy atom. The molecule has 2 aromatic carbocycles. The van der Waals surface area contributed by atoms with Crippen molar-refractivity contribution in [3.05, 3.63) is 71.3 Å². The Balaban J connectivity index is 1.82. The van der Waals surface area contributed by atoms with E-state index in [0.717, 1.165) is 19.6 Å². The largest absolute Gasteiger partial charge is 0.469 e. The van der Waals surface area contributed by atoms with Gasteiger partial charge in [-0.1, -0.05) is 54.6 Å². The highest BCUT2D eigenvalue weighted by Crippen LogP contribution is 2.35. The van der Waals surface area contributed by atoms with Gasteiger partial charge in [-0.2, -0.15) is 0 Å². The van der Waals surface area contributed by atoms with Gasteiger partial charge in [-0.05, 0) is 23.6 Å². The number of carbonyl (C=O) groups is 1. The maximum Gasteiger partial charge on any atom is 0.310 e. The predicted molar refractivity (Wildman–Crippen MR) is 91.1 cm³/mol. The van der Waals surface area contributed by atoms with Crippen molar-refractivity contribution < 1.29 is 9.53 Å². The van der Waals surface area contributed by atoms with Gasteiger partial charge in [-0.15, -0.1) is 0 Å². The molecule has 0 aliphatic carbocycles. The van der Waals surface area contributed by atoms with Crippen LogP contribution in [-0.4, -0.2) is 31.1 Å². The van der Waals surface area contributed by atoms with Crippen LogP contribution in [0.4, 0.5) is 0 Å². The van der Waals surface area contributed by atoms with Gasteiger partial charge >= 0.3 is 5.97 Å². The molecule has 3 nitrogen and oxygen atoms in total. The summed E-state index contributed by atoms with van der Waals surface area (Å²) >= 11 is 0. The number of ether oxygens (including phenoxy) is 1. The van der Waals surface area contributed by atoms with E-state index in [0.29, 0.717) is 0 Å². The Morgan fingerprint density at radius 2 is 1.78 bits per heavy atom. The van der Waals surface area contributed by atoms with Gasteiger partial charge in [0.25, 0.3) is 0 Å². The lowest BCUT2D eigenvalue weighted by Crippen LogP contribution is -2.24. The van der Waals surface area contributed by atoms with E-state index >= 15 is 0 Å². The first-order valence-electron chi connectivity index (χ1n) is 8.08. The molecule has 0 aromatic heterocycles. The van der Waals surface area contributed by atoms with Crippen molar-refractivity contribution in [3.63, 3.8) is 0 Å². The van der Waals surface area contributed by atoms with E-state index in [1.165, 1.54) is 23.8 Å².